The predicted octanol–water partition coefficient (Wildman–Crippen LogP) is 5.02. The van der Waals surface area contributed by atoms with E-state index >= 15 is 4.79 Å². The van der Waals surface area contributed by atoms with E-state index in [9.17, 15) is 20.1 Å². The van der Waals surface area contributed by atoms with Gasteiger partial charge in [0.2, 0.25) is 11.3 Å². The van der Waals surface area contributed by atoms with E-state index in [1.807, 2.05) is 43.3 Å². The molecule has 2 aromatic rings. The summed E-state index contributed by atoms with van der Waals surface area (Å²) in [6.07, 6.45) is 4.21. The number of aliphatic imine (C=N–C) groups is 1. The number of esters is 2. The molecule has 1 unspecified atom stereocenters. The minimum absolute atomic E-state index is 0.0297. The van der Waals surface area contributed by atoms with Crippen molar-refractivity contribution < 1.29 is 23.9 Å². The molecule has 43 heavy (non-hydrogen) atoms. The maximum Gasteiger partial charge on any atom is 0.340 e. The van der Waals surface area contributed by atoms with Gasteiger partial charge in [-0.15, -0.1) is 0 Å². The molecule has 1 aliphatic heterocycles. The third-order valence-corrected chi connectivity index (χ3v) is 8.56. The van der Waals surface area contributed by atoms with Crippen LogP contribution in [0.1, 0.15) is 62.6 Å². The molecule has 1 saturated carbocycles. The number of fused-ring (bicyclic) bond motifs is 2. The third kappa shape index (κ3) is 4.51. The molecule has 1 fully saturated rings. The number of carbonyl (C=O) groups is 3. The number of hydrogen-bond acceptors (Lipinski definition) is 8. The standard InChI is InChI=1S/C34H34N4O5/c1-4-42-30(39)27-28(31(40)43-5-2)34(33(20-35,21-36)29(27)37-24-14-10-7-11-15-24)25-18-22(3)16-17-26(25)38(32(34)41)19-23-12-8-6-9-13-23/h6,8-9,12-13,16-18,24H,4-5,7,10-11,14-15,19H2,1-3H3. The fourth-order valence-corrected chi connectivity index (χ4v) is 6.71. The fraction of sp³-hybridized carbons (Fsp3) is 0.412. The number of rotatable bonds is 7. The van der Waals surface area contributed by atoms with Gasteiger partial charge >= 0.3 is 11.9 Å². The molecule has 2 aromatic carbocycles. The van der Waals surface area contributed by atoms with Gasteiger partial charge in [0.1, 0.15) is 5.41 Å². The molecule has 0 saturated heterocycles. The molecule has 5 rings (SSSR count). The monoisotopic (exact) mass is 578 g/mol. The van der Waals surface area contributed by atoms with Crippen LogP contribution in [0, 0.1) is 35.0 Å². The van der Waals surface area contributed by atoms with E-state index in [1.54, 1.807) is 26.0 Å². The lowest BCUT2D eigenvalue weighted by Gasteiger charge is -2.34. The lowest BCUT2D eigenvalue weighted by molar-refractivity contribution is -0.142. The summed E-state index contributed by atoms with van der Waals surface area (Å²) in [6, 6.07) is 18.6. The minimum atomic E-state index is -2.35. The van der Waals surface area contributed by atoms with Crippen LogP contribution in [0.2, 0.25) is 0 Å². The van der Waals surface area contributed by atoms with Gasteiger partial charge in [0.05, 0.1) is 54.8 Å². The van der Waals surface area contributed by atoms with Crippen LogP contribution in [-0.2, 0) is 35.8 Å². The first-order valence-corrected chi connectivity index (χ1v) is 14.8. The zero-order valence-corrected chi connectivity index (χ0v) is 24.7. The van der Waals surface area contributed by atoms with Crippen LogP contribution < -0.4 is 4.90 Å². The molecule has 9 heteroatoms. The van der Waals surface area contributed by atoms with Gasteiger partial charge in [-0.25, -0.2) is 9.59 Å². The van der Waals surface area contributed by atoms with Crippen molar-refractivity contribution in [3.8, 4) is 12.1 Å². The maximum atomic E-state index is 15.1. The van der Waals surface area contributed by atoms with Gasteiger partial charge in [0.25, 0.3) is 0 Å². The Kier molecular flexibility index (Phi) is 8.19. The van der Waals surface area contributed by atoms with E-state index in [2.05, 4.69) is 12.1 Å². The second-order valence-electron chi connectivity index (χ2n) is 11.1. The average molecular weight is 579 g/mol. The second-order valence-corrected chi connectivity index (χ2v) is 11.1. The van der Waals surface area contributed by atoms with Gasteiger partial charge in [-0.3, -0.25) is 9.79 Å². The van der Waals surface area contributed by atoms with Crippen molar-refractivity contribution in [3.05, 3.63) is 76.4 Å². The Balaban J connectivity index is 1.91. The maximum absolute atomic E-state index is 15.1. The zero-order chi connectivity index (χ0) is 30.8. The van der Waals surface area contributed by atoms with Crippen molar-refractivity contribution in [2.24, 2.45) is 10.4 Å². The lowest BCUT2D eigenvalue weighted by atomic mass is 9.60. The SMILES string of the molecule is CCOC(=O)C1=C(C(=O)OCC)C2(C(=O)N(Cc3ccccc3)c3ccc(C)cc32)C(C#N)(C#N)C1=NC1CCCCC1. The van der Waals surface area contributed by atoms with E-state index in [1.165, 1.54) is 4.90 Å². The smallest absolute Gasteiger partial charge is 0.340 e. The van der Waals surface area contributed by atoms with Crippen LogP contribution in [0.5, 0.6) is 0 Å². The van der Waals surface area contributed by atoms with Crippen molar-refractivity contribution in [2.75, 3.05) is 18.1 Å². The number of benzene rings is 2. The summed E-state index contributed by atoms with van der Waals surface area (Å²) >= 11 is 0. The first kappa shape index (κ1) is 29.7. The summed E-state index contributed by atoms with van der Waals surface area (Å²) in [6.45, 7) is 5.08. The fourth-order valence-electron chi connectivity index (χ4n) is 6.71. The molecule has 1 spiro atoms. The van der Waals surface area contributed by atoms with Gasteiger partial charge in [-0.05, 0) is 50.8 Å². The molecule has 3 aliphatic rings. The van der Waals surface area contributed by atoms with Gasteiger partial charge in [0.15, 0.2) is 0 Å². The quantitative estimate of drug-likeness (QED) is 0.421. The zero-order valence-electron chi connectivity index (χ0n) is 24.7. The van der Waals surface area contributed by atoms with Crippen molar-refractivity contribution in [1.29, 1.82) is 10.5 Å². The highest BCUT2D eigenvalue weighted by Crippen LogP contribution is 2.62. The van der Waals surface area contributed by atoms with Crippen LogP contribution in [0.25, 0.3) is 0 Å². The number of hydrogen-bond donors (Lipinski definition) is 0. The highest BCUT2D eigenvalue weighted by molar-refractivity contribution is 6.36. The molecule has 0 radical (unpaired) electrons. The number of carbonyl (C=O) groups excluding carboxylic acids is 3. The van der Waals surface area contributed by atoms with Crippen LogP contribution in [0.15, 0.2) is 64.7 Å². The molecule has 0 bridgehead atoms. The van der Waals surface area contributed by atoms with Gasteiger partial charge in [-0.1, -0.05) is 67.3 Å². The number of aryl methyl sites for hydroxylation is 1. The van der Waals surface area contributed by atoms with Gasteiger partial charge < -0.3 is 14.4 Å². The molecule has 2 aliphatic carbocycles. The number of nitrogens with zero attached hydrogens (tertiary/aromatic N) is 4. The van der Waals surface area contributed by atoms with Gasteiger partial charge in [0, 0.05) is 5.69 Å². The highest BCUT2D eigenvalue weighted by atomic mass is 16.5. The van der Waals surface area contributed by atoms with Crippen molar-refractivity contribution in [2.45, 2.75) is 70.9 Å². The summed E-state index contributed by atoms with van der Waals surface area (Å²) < 4.78 is 10.9. The summed E-state index contributed by atoms with van der Waals surface area (Å²) in [4.78, 5) is 49.4. The number of nitriles is 2. The van der Waals surface area contributed by atoms with Crippen LogP contribution in [0.3, 0.4) is 0 Å². The Labute approximate surface area is 251 Å². The minimum Gasteiger partial charge on any atom is -0.463 e. The summed E-state index contributed by atoms with van der Waals surface area (Å²) in [5.41, 5.74) is -3.15. The normalized spacial score (nSPS) is 21.9. The van der Waals surface area contributed by atoms with Crippen LogP contribution in [-0.4, -0.2) is 42.8 Å². The molecular formula is C34H34N4O5. The van der Waals surface area contributed by atoms with Crippen molar-refractivity contribution >= 4 is 29.2 Å². The van der Waals surface area contributed by atoms with E-state index in [0.717, 1.165) is 30.4 Å². The van der Waals surface area contributed by atoms with Gasteiger partial charge in [-0.2, -0.15) is 10.5 Å². The Morgan fingerprint density at radius 1 is 0.977 bits per heavy atom. The molecule has 9 nitrogen and oxygen atoms in total. The first-order valence-electron chi connectivity index (χ1n) is 14.8. The molecule has 1 atom stereocenters. The molecule has 220 valence electrons. The number of anilines is 1. The summed E-state index contributed by atoms with van der Waals surface area (Å²) in [7, 11) is 0. The Morgan fingerprint density at radius 3 is 2.26 bits per heavy atom. The average Bonchev–Trinajstić information content (AvgIpc) is 3.41. The van der Waals surface area contributed by atoms with Crippen molar-refractivity contribution in [3.63, 3.8) is 0 Å². The molecule has 0 N–H and O–H groups in total. The van der Waals surface area contributed by atoms with E-state index in [-0.39, 0.29) is 48.2 Å². The summed E-state index contributed by atoms with van der Waals surface area (Å²) in [5, 5.41) is 22.1. The lowest BCUT2D eigenvalue weighted by Crippen LogP contribution is -2.54. The molecular weight excluding hydrogens is 544 g/mol. The molecule has 1 heterocycles. The molecule has 0 aromatic heterocycles. The summed E-state index contributed by atoms with van der Waals surface area (Å²) in [5.74, 6) is -2.55. The second kappa shape index (κ2) is 11.9. The Bertz CT molecular complexity index is 1590. The molecule has 1 amide bonds. The topological polar surface area (TPSA) is 133 Å². The number of amides is 1. The third-order valence-electron chi connectivity index (χ3n) is 8.56. The van der Waals surface area contributed by atoms with Crippen LogP contribution >= 0.6 is 0 Å². The largest absolute Gasteiger partial charge is 0.463 e. The first-order chi connectivity index (χ1) is 20.8. The predicted molar refractivity (Wildman–Crippen MR) is 159 cm³/mol. The highest BCUT2D eigenvalue weighted by Gasteiger charge is 2.76. The number of ether oxygens (including phenoxy) is 2. The van der Waals surface area contributed by atoms with E-state index in [4.69, 9.17) is 14.5 Å². The Morgan fingerprint density at radius 2 is 1.63 bits per heavy atom. The van der Waals surface area contributed by atoms with E-state index < -0.39 is 28.7 Å². The van der Waals surface area contributed by atoms with Crippen molar-refractivity contribution in [1.82, 2.24) is 0 Å². The van der Waals surface area contributed by atoms with Crippen LogP contribution in [0.4, 0.5) is 5.69 Å². The van der Waals surface area contributed by atoms with E-state index in [0.29, 0.717) is 18.5 Å². The Hall–Kier alpha value is -4.76.